The van der Waals surface area contributed by atoms with Crippen molar-refractivity contribution in [1.29, 1.82) is 0 Å². The van der Waals surface area contributed by atoms with E-state index in [0.717, 1.165) is 53.8 Å². The Labute approximate surface area is 404 Å². The molecular formula is C52H68N6O7S2. The van der Waals surface area contributed by atoms with Crippen LogP contribution in [0, 0.1) is 0 Å². The highest BCUT2D eigenvalue weighted by molar-refractivity contribution is 8.77. The molecule has 0 fully saturated rings. The smallest absolute Gasteiger partial charge is 0.260 e. The maximum absolute atomic E-state index is 14.0. The van der Waals surface area contributed by atoms with E-state index in [1.54, 1.807) is 54.7 Å². The fourth-order valence-electron chi connectivity index (χ4n) is 7.52. The van der Waals surface area contributed by atoms with E-state index in [-0.39, 0.29) is 53.9 Å². The topological polar surface area (TPSA) is 160 Å². The number of hydrogen-bond acceptors (Lipinski definition) is 12. The molecule has 2 unspecified atom stereocenters. The van der Waals surface area contributed by atoms with Crippen LogP contribution in [0.3, 0.4) is 0 Å². The van der Waals surface area contributed by atoms with Crippen LogP contribution in [0.4, 0.5) is 17.1 Å². The Balaban J connectivity index is 1.26. The van der Waals surface area contributed by atoms with Crippen molar-refractivity contribution in [3.63, 3.8) is 0 Å². The Bertz CT molecular complexity index is 2330. The third-order valence-electron chi connectivity index (χ3n) is 11.1. The monoisotopic (exact) mass is 952 g/mol. The number of rotatable bonds is 26. The van der Waals surface area contributed by atoms with E-state index in [2.05, 4.69) is 66.3 Å². The summed E-state index contributed by atoms with van der Waals surface area (Å²) in [6.45, 7) is 22.1. The van der Waals surface area contributed by atoms with Gasteiger partial charge in [0.15, 0.2) is 11.5 Å². The van der Waals surface area contributed by atoms with E-state index in [1.165, 1.54) is 0 Å². The van der Waals surface area contributed by atoms with Gasteiger partial charge in [0.05, 0.1) is 31.0 Å². The second-order valence-corrected chi connectivity index (χ2v) is 21.2. The molecule has 67 heavy (non-hydrogen) atoms. The van der Waals surface area contributed by atoms with Crippen molar-refractivity contribution in [1.82, 2.24) is 10.6 Å². The number of nitrogens with one attached hydrogen (secondary N) is 4. The highest BCUT2D eigenvalue weighted by Crippen LogP contribution is 2.43. The molecule has 3 amide bonds. The van der Waals surface area contributed by atoms with Gasteiger partial charge in [-0.1, -0.05) is 65.9 Å². The molecule has 0 saturated carbocycles. The van der Waals surface area contributed by atoms with Crippen LogP contribution in [0.1, 0.15) is 114 Å². The maximum Gasteiger partial charge on any atom is 0.260 e. The summed E-state index contributed by atoms with van der Waals surface area (Å²) >= 11 is 0. The number of ketones is 1. The van der Waals surface area contributed by atoms with E-state index in [0.29, 0.717) is 58.8 Å². The van der Waals surface area contributed by atoms with Crippen LogP contribution in [0.2, 0.25) is 0 Å². The summed E-state index contributed by atoms with van der Waals surface area (Å²) in [5, 5.41) is 12.9. The van der Waals surface area contributed by atoms with E-state index < -0.39 is 12.3 Å². The van der Waals surface area contributed by atoms with Gasteiger partial charge >= 0.3 is 0 Å². The van der Waals surface area contributed by atoms with Crippen molar-refractivity contribution < 1.29 is 33.4 Å². The number of aliphatic imine (C=N–C) groups is 1. The molecule has 0 radical (unpaired) electrons. The normalized spacial score (nSPS) is 15.7. The first-order valence-corrected chi connectivity index (χ1v) is 25.1. The van der Waals surface area contributed by atoms with Gasteiger partial charge in [0.25, 0.3) is 5.91 Å². The zero-order chi connectivity index (χ0) is 48.7. The number of hydrogen-bond donors (Lipinski definition) is 4. The lowest BCUT2D eigenvalue weighted by Gasteiger charge is -2.25. The molecule has 4 N–H and O–H groups in total. The Morgan fingerprint density at radius 3 is 2.46 bits per heavy atom. The molecule has 3 aromatic rings. The van der Waals surface area contributed by atoms with Crippen molar-refractivity contribution in [2.75, 3.05) is 29.2 Å². The molecule has 2 heterocycles. The summed E-state index contributed by atoms with van der Waals surface area (Å²) in [6.07, 6.45) is 10.00. The van der Waals surface area contributed by atoms with Gasteiger partial charge in [-0.2, -0.15) is 0 Å². The molecular weight excluding hydrogens is 885 g/mol. The predicted molar refractivity (Wildman–Crippen MR) is 275 cm³/mol. The molecule has 360 valence electrons. The number of benzene rings is 3. The van der Waals surface area contributed by atoms with Gasteiger partial charge in [0.2, 0.25) is 11.8 Å². The molecule has 15 heteroatoms. The van der Waals surface area contributed by atoms with Gasteiger partial charge in [0, 0.05) is 64.4 Å². The number of allylic oxidation sites excluding steroid dienone is 3. The molecule has 5 rings (SSSR count). The first-order chi connectivity index (χ1) is 31.9. The van der Waals surface area contributed by atoms with E-state index in [9.17, 15) is 19.2 Å². The summed E-state index contributed by atoms with van der Waals surface area (Å²) in [5.41, 5.74) is 6.71. The molecule has 0 aliphatic carbocycles. The minimum atomic E-state index is -0.811. The zero-order valence-corrected chi connectivity index (χ0v) is 41.9. The molecule has 2 aliphatic heterocycles. The fourth-order valence-corrected chi connectivity index (χ4v) is 10.2. The number of carbonyl (C=O) groups is 4. The van der Waals surface area contributed by atoms with Crippen molar-refractivity contribution in [2.45, 2.75) is 135 Å². The van der Waals surface area contributed by atoms with Crippen LogP contribution in [-0.2, 0) is 38.8 Å². The summed E-state index contributed by atoms with van der Waals surface area (Å²) in [5.74, 6) is 0.350. The van der Waals surface area contributed by atoms with E-state index >= 15 is 0 Å². The van der Waals surface area contributed by atoms with Crippen LogP contribution in [-0.4, -0.2) is 71.7 Å². The van der Waals surface area contributed by atoms with Crippen molar-refractivity contribution in [3.8, 4) is 11.5 Å². The summed E-state index contributed by atoms with van der Waals surface area (Å²) in [4.78, 5) is 58.2. The third kappa shape index (κ3) is 16.4. The summed E-state index contributed by atoms with van der Waals surface area (Å²) < 4.78 is 18.2. The van der Waals surface area contributed by atoms with Crippen LogP contribution >= 0.6 is 21.6 Å². The first-order valence-electron chi connectivity index (χ1n) is 22.9. The standard InChI is InChI=1S/C52H68N6O7S2/c1-33(2)53-23-15-11-12-16-34(3)55-38(7)64-31-39-24-40(26-42(25-39)57-50(61)37(6)56-49(60)21-22-52(8,9)67-66-36(5)20-19-35(4)59)32-65-48-29-45-44(28-47(48)63-10)51(62)58-43(30-54-45)27-41-17-13-14-18-46(41)58/h12-14,16-18,23-26,28-29,36-38,43,54-55H,1,3,11,15,19-22,27,30-32H2,2,4-10H3,(H,56,60)(H,57,61)/b16-12-,53-23-/t36?,37-,38?,43-/m0/s1. The minimum Gasteiger partial charge on any atom is -0.493 e. The molecule has 0 saturated heterocycles. The average molecular weight is 953 g/mol. The van der Waals surface area contributed by atoms with Crippen molar-refractivity contribution in [2.24, 2.45) is 4.99 Å². The molecule has 0 bridgehead atoms. The van der Waals surface area contributed by atoms with Crippen LogP contribution in [0.5, 0.6) is 11.5 Å². The van der Waals surface area contributed by atoms with E-state index in [4.69, 9.17) is 14.2 Å². The van der Waals surface area contributed by atoms with E-state index in [1.807, 2.05) is 73.5 Å². The van der Waals surface area contributed by atoms with Crippen molar-refractivity contribution in [3.05, 3.63) is 114 Å². The van der Waals surface area contributed by atoms with Crippen molar-refractivity contribution >= 4 is 68.4 Å². The maximum atomic E-state index is 14.0. The molecule has 0 aromatic heterocycles. The molecule has 13 nitrogen and oxygen atoms in total. The Kier molecular flexibility index (Phi) is 19.6. The Hall–Kier alpha value is -5.51. The van der Waals surface area contributed by atoms with Gasteiger partial charge < -0.3 is 45.2 Å². The lowest BCUT2D eigenvalue weighted by atomic mass is 10.1. The zero-order valence-electron chi connectivity index (χ0n) is 40.3. The molecule has 2 aliphatic rings. The Morgan fingerprint density at radius 2 is 1.73 bits per heavy atom. The van der Waals surface area contributed by atoms with Crippen LogP contribution in [0.25, 0.3) is 0 Å². The summed E-state index contributed by atoms with van der Waals surface area (Å²) in [7, 11) is 5.00. The second kappa shape index (κ2) is 25.0. The number of Topliss-reactive ketones (excluding diaryl/α,β-unsaturated/α-hetero) is 1. The number of para-hydroxylation sites is 1. The first kappa shape index (κ1) is 52.5. The van der Waals surface area contributed by atoms with Gasteiger partial charge in [0.1, 0.15) is 24.7 Å². The number of amides is 3. The number of ether oxygens (including phenoxy) is 3. The number of methoxy groups -OCH3 is 1. The number of unbranched alkanes of at least 4 members (excludes halogenated alkanes) is 1. The highest BCUT2D eigenvalue weighted by atomic mass is 33.1. The lowest BCUT2D eigenvalue weighted by molar-refractivity contribution is -0.126. The number of fused-ring (bicyclic) bond motifs is 4. The number of anilines is 3. The van der Waals surface area contributed by atoms with Crippen LogP contribution in [0.15, 0.2) is 96.3 Å². The number of nitrogens with zero attached hydrogens (tertiary/aromatic N) is 2. The molecule has 0 spiro atoms. The average Bonchev–Trinajstić information content (AvgIpc) is 3.60. The SMILES string of the molecule is C=C(C)/N=C\CC/C=C\C(=C)NC(C)OCc1cc(COc2cc3c(cc2OC)C(=O)N2c4ccccc4C[C@H]2CN3)cc(NC(=O)[C@H](C)NC(=O)CCC(C)(C)SSC(C)CCC(C)=O)c1. The van der Waals surface area contributed by atoms with Crippen LogP contribution < -0.4 is 35.6 Å². The Morgan fingerprint density at radius 1 is 0.985 bits per heavy atom. The highest BCUT2D eigenvalue weighted by Gasteiger charge is 2.37. The van der Waals surface area contributed by atoms with Gasteiger partial charge in [-0.3, -0.25) is 19.4 Å². The predicted octanol–water partition coefficient (Wildman–Crippen LogP) is 10.3. The molecule has 4 atom stereocenters. The quantitative estimate of drug-likeness (QED) is 0.0199. The third-order valence-corrected chi connectivity index (χ3v) is 15.1. The number of carbonyl (C=O) groups excluding carboxylic acids is 4. The fraction of sp³-hybridized carbons (Fsp3) is 0.442. The largest absolute Gasteiger partial charge is 0.493 e. The lowest BCUT2D eigenvalue weighted by Crippen LogP contribution is -2.42. The van der Waals surface area contributed by atoms with Gasteiger partial charge in [-0.05, 0) is 127 Å². The second-order valence-electron chi connectivity index (χ2n) is 17.8. The van der Waals surface area contributed by atoms with Gasteiger partial charge in [-0.15, -0.1) is 0 Å². The molecule has 3 aromatic carbocycles. The minimum absolute atomic E-state index is 0.0213. The van der Waals surface area contributed by atoms with Gasteiger partial charge in [-0.25, -0.2) is 0 Å². The summed E-state index contributed by atoms with van der Waals surface area (Å²) in [6, 6.07) is 16.3.